The van der Waals surface area contributed by atoms with Crippen LogP contribution in [0.1, 0.15) is 5.56 Å². The molecule has 0 N–H and O–H groups in total. The second-order valence-electron chi connectivity index (χ2n) is 3.54. The average molecular weight is 255 g/mol. The van der Waals surface area contributed by atoms with Crippen molar-refractivity contribution < 1.29 is 4.39 Å². The maximum Gasteiger partial charge on any atom is 0.131 e. The topological polar surface area (TPSA) is 0 Å². The molecular weight excluding hydrogens is 246 g/mol. The number of hydrogen-bond donors (Lipinski definition) is 0. The van der Waals surface area contributed by atoms with Crippen LogP contribution in [0, 0.1) is 12.7 Å². The van der Waals surface area contributed by atoms with Gasteiger partial charge in [0.05, 0.1) is 10.0 Å². The third kappa shape index (κ3) is 1.93. The standard InChI is InChI=1S/C13H9Cl2F/c1-8-6-7-10(13(15)12(8)14)9-4-2-3-5-11(9)16/h2-7H,1H3. The fourth-order valence-electron chi connectivity index (χ4n) is 1.53. The zero-order valence-corrected chi connectivity index (χ0v) is 10.1. The molecule has 0 aliphatic rings. The minimum Gasteiger partial charge on any atom is -0.206 e. The normalized spacial score (nSPS) is 10.5. The molecule has 0 spiro atoms. The molecule has 0 unspecified atom stereocenters. The van der Waals surface area contributed by atoms with E-state index < -0.39 is 0 Å². The van der Waals surface area contributed by atoms with Crippen molar-refractivity contribution in [3.8, 4) is 11.1 Å². The van der Waals surface area contributed by atoms with Crippen molar-refractivity contribution in [3.63, 3.8) is 0 Å². The Morgan fingerprint density at radius 1 is 0.875 bits per heavy atom. The monoisotopic (exact) mass is 254 g/mol. The van der Waals surface area contributed by atoms with Gasteiger partial charge in [0.15, 0.2) is 0 Å². The van der Waals surface area contributed by atoms with Gasteiger partial charge >= 0.3 is 0 Å². The first-order valence-corrected chi connectivity index (χ1v) is 5.56. The van der Waals surface area contributed by atoms with Crippen molar-refractivity contribution >= 4 is 23.2 Å². The number of rotatable bonds is 1. The molecular formula is C13H9Cl2F. The molecule has 0 fully saturated rings. The number of hydrogen-bond acceptors (Lipinski definition) is 0. The van der Waals surface area contributed by atoms with Crippen LogP contribution in [0.5, 0.6) is 0 Å². The van der Waals surface area contributed by atoms with Gasteiger partial charge in [0.1, 0.15) is 5.82 Å². The van der Waals surface area contributed by atoms with Crippen LogP contribution < -0.4 is 0 Å². The van der Waals surface area contributed by atoms with E-state index in [1.165, 1.54) is 6.07 Å². The molecule has 0 saturated heterocycles. The summed E-state index contributed by atoms with van der Waals surface area (Å²) in [6.07, 6.45) is 0. The first kappa shape index (κ1) is 11.4. The maximum absolute atomic E-state index is 13.6. The number of halogens is 3. The fourth-order valence-corrected chi connectivity index (χ4v) is 2.01. The highest BCUT2D eigenvalue weighted by molar-refractivity contribution is 6.44. The molecule has 0 amide bonds. The van der Waals surface area contributed by atoms with Gasteiger partial charge in [0.25, 0.3) is 0 Å². The predicted octanol–water partition coefficient (Wildman–Crippen LogP) is 5.11. The first-order chi connectivity index (χ1) is 7.61. The Kier molecular flexibility index (Phi) is 3.17. The molecule has 0 aliphatic heterocycles. The van der Waals surface area contributed by atoms with Gasteiger partial charge in [-0.15, -0.1) is 0 Å². The fraction of sp³-hybridized carbons (Fsp3) is 0.0769. The van der Waals surface area contributed by atoms with E-state index in [4.69, 9.17) is 23.2 Å². The Morgan fingerprint density at radius 2 is 1.56 bits per heavy atom. The Morgan fingerprint density at radius 3 is 2.25 bits per heavy atom. The lowest BCUT2D eigenvalue weighted by Gasteiger charge is -2.08. The third-order valence-electron chi connectivity index (χ3n) is 2.44. The van der Waals surface area contributed by atoms with E-state index in [9.17, 15) is 4.39 Å². The zero-order valence-electron chi connectivity index (χ0n) is 8.60. The Hall–Kier alpha value is -1.05. The van der Waals surface area contributed by atoms with Gasteiger partial charge < -0.3 is 0 Å². The van der Waals surface area contributed by atoms with Crippen LogP contribution in [0.2, 0.25) is 10.0 Å². The number of benzene rings is 2. The van der Waals surface area contributed by atoms with E-state index in [2.05, 4.69) is 0 Å². The van der Waals surface area contributed by atoms with Gasteiger partial charge in [-0.05, 0) is 18.6 Å². The molecule has 0 radical (unpaired) electrons. The second-order valence-corrected chi connectivity index (χ2v) is 4.29. The van der Waals surface area contributed by atoms with Crippen LogP contribution >= 0.6 is 23.2 Å². The SMILES string of the molecule is Cc1ccc(-c2ccccc2F)c(Cl)c1Cl. The van der Waals surface area contributed by atoms with Crippen molar-refractivity contribution in [2.75, 3.05) is 0 Å². The largest absolute Gasteiger partial charge is 0.206 e. The molecule has 3 heteroatoms. The molecule has 0 nitrogen and oxygen atoms in total. The lowest BCUT2D eigenvalue weighted by molar-refractivity contribution is 0.631. The second kappa shape index (κ2) is 4.44. The quantitative estimate of drug-likeness (QED) is 0.664. The van der Waals surface area contributed by atoms with Crippen LogP contribution in [-0.4, -0.2) is 0 Å². The lowest BCUT2D eigenvalue weighted by Crippen LogP contribution is -1.87. The van der Waals surface area contributed by atoms with Gasteiger partial charge in [-0.25, -0.2) is 4.39 Å². The minimum absolute atomic E-state index is 0.302. The number of aryl methyl sites for hydroxylation is 1. The molecule has 2 aromatic carbocycles. The summed E-state index contributed by atoms with van der Waals surface area (Å²) in [4.78, 5) is 0. The predicted molar refractivity (Wildman–Crippen MR) is 66.6 cm³/mol. The van der Waals surface area contributed by atoms with E-state index in [1.807, 2.05) is 13.0 Å². The van der Waals surface area contributed by atoms with Crippen LogP contribution in [-0.2, 0) is 0 Å². The summed E-state index contributed by atoms with van der Waals surface area (Å²) in [6.45, 7) is 1.86. The third-order valence-corrected chi connectivity index (χ3v) is 3.42. The summed E-state index contributed by atoms with van der Waals surface area (Å²) < 4.78 is 13.6. The highest BCUT2D eigenvalue weighted by Gasteiger charge is 2.11. The zero-order chi connectivity index (χ0) is 11.7. The van der Waals surface area contributed by atoms with Crippen LogP contribution in [0.4, 0.5) is 4.39 Å². The van der Waals surface area contributed by atoms with Gasteiger partial charge in [0.2, 0.25) is 0 Å². The first-order valence-electron chi connectivity index (χ1n) is 4.80. The van der Waals surface area contributed by atoms with Crippen molar-refractivity contribution in [2.24, 2.45) is 0 Å². The van der Waals surface area contributed by atoms with Crippen molar-refractivity contribution in [1.29, 1.82) is 0 Å². The maximum atomic E-state index is 13.6. The molecule has 2 aromatic rings. The van der Waals surface area contributed by atoms with E-state index >= 15 is 0 Å². The molecule has 0 saturated carbocycles. The van der Waals surface area contributed by atoms with E-state index in [0.29, 0.717) is 21.2 Å². The summed E-state index contributed by atoms with van der Waals surface area (Å²) in [5.74, 6) is -0.302. The molecule has 0 aliphatic carbocycles. The van der Waals surface area contributed by atoms with Crippen molar-refractivity contribution in [1.82, 2.24) is 0 Å². The average Bonchev–Trinajstić information content (AvgIpc) is 2.28. The van der Waals surface area contributed by atoms with Crippen molar-refractivity contribution in [2.45, 2.75) is 6.92 Å². The molecule has 0 heterocycles. The van der Waals surface area contributed by atoms with Gasteiger partial charge in [-0.1, -0.05) is 53.5 Å². The van der Waals surface area contributed by atoms with E-state index in [1.54, 1.807) is 24.3 Å². The Balaban J connectivity index is 2.66. The lowest BCUT2D eigenvalue weighted by atomic mass is 10.0. The van der Waals surface area contributed by atoms with Crippen LogP contribution in [0.25, 0.3) is 11.1 Å². The molecule has 2 rings (SSSR count). The van der Waals surface area contributed by atoms with Crippen LogP contribution in [0.15, 0.2) is 36.4 Å². The smallest absolute Gasteiger partial charge is 0.131 e. The summed E-state index contributed by atoms with van der Waals surface area (Å²) in [7, 11) is 0. The van der Waals surface area contributed by atoms with Crippen molar-refractivity contribution in [3.05, 3.63) is 57.8 Å². The molecule has 82 valence electrons. The Labute approximate surface area is 104 Å². The highest BCUT2D eigenvalue weighted by atomic mass is 35.5. The minimum atomic E-state index is -0.302. The van der Waals surface area contributed by atoms with Gasteiger partial charge in [0, 0.05) is 11.1 Å². The molecule has 0 bridgehead atoms. The summed E-state index contributed by atoms with van der Waals surface area (Å²) >= 11 is 12.1. The Bertz CT molecular complexity index is 535. The highest BCUT2D eigenvalue weighted by Crippen LogP contribution is 2.36. The van der Waals surface area contributed by atoms with Gasteiger partial charge in [-0.3, -0.25) is 0 Å². The van der Waals surface area contributed by atoms with Gasteiger partial charge in [-0.2, -0.15) is 0 Å². The summed E-state index contributed by atoms with van der Waals surface area (Å²) in [5.41, 5.74) is 1.97. The molecule has 0 atom stereocenters. The molecule has 16 heavy (non-hydrogen) atoms. The van der Waals surface area contributed by atoms with E-state index in [-0.39, 0.29) is 5.82 Å². The van der Waals surface area contributed by atoms with E-state index in [0.717, 1.165) is 5.56 Å². The van der Waals surface area contributed by atoms with Crippen LogP contribution in [0.3, 0.4) is 0 Å². The molecule has 0 aromatic heterocycles. The summed E-state index contributed by atoms with van der Waals surface area (Å²) in [5, 5.41) is 0.870. The summed E-state index contributed by atoms with van der Waals surface area (Å²) in [6, 6.07) is 10.1.